The summed E-state index contributed by atoms with van der Waals surface area (Å²) in [6, 6.07) is 7.57. The summed E-state index contributed by atoms with van der Waals surface area (Å²) < 4.78 is 6.91. The Kier molecular flexibility index (Phi) is 5.00. The molecule has 1 saturated carbocycles. The number of rotatable bonds is 7. The molecule has 23 heavy (non-hydrogen) atoms. The molecule has 1 aromatic carbocycles. The lowest BCUT2D eigenvalue weighted by atomic mass is 10.2. The third kappa shape index (κ3) is 3.75. The van der Waals surface area contributed by atoms with E-state index in [0.717, 1.165) is 25.7 Å². The number of benzene rings is 1. The number of hydrogen-bond donors (Lipinski definition) is 0. The summed E-state index contributed by atoms with van der Waals surface area (Å²) in [6.07, 6.45) is 3.86. The van der Waals surface area contributed by atoms with E-state index in [-0.39, 0.29) is 23.3 Å². The van der Waals surface area contributed by atoms with Gasteiger partial charge >= 0.3 is 5.97 Å². The highest BCUT2D eigenvalue weighted by Gasteiger charge is 2.28. The number of unbranched alkanes of at least 4 members (excludes halogenated alkanes) is 1. The van der Waals surface area contributed by atoms with Crippen LogP contribution in [0, 0.1) is 0 Å². The number of para-hydroxylation sites is 1. The van der Waals surface area contributed by atoms with E-state index in [4.69, 9.17) is 4.74 Å². The minimum atomic E-state index is -0.256. The lowest BCUT2D eigenvalue weighted by Gasteiger charge is -2.12. The Hall–Kier alpha value is -1.82. The molecular weight excluding hydrogens is 312 g/mol. The second-order valence-electron chi connectivity index (χ2n) is 5.68. The predicted molar refractivity (Wildman–Crippen MR) is 90.9 cm³/mol. The maximum Gasteiger partial charge on any atom is 0.316 e. The van der Waals surface area contributed by atoms with Crippen molar-refractivity contribution in [1.82, 2.24) is 9.55 Å². The van der Waals surface area contributed by atoms with Crippen molar-refractivity contribution in [2.24, 2.45) is 0 Å². The van der Waals surface area contributed by atoms with Gasteiger partial charge in [-0.1, -0.05) is 37.2 Å². The fourth-order valence-electron chi connectivity index (χ4n) is 2.38. The highest BCUT2D eigenvalue weighted by Crippen LogP contribution is 2.36. The lowest BCUT2D eigenvalue weighted by Crippen LogP contribution is -2.23. The number of esters is 1. The van der Waals surface area contributed by atoms with Crippen molar-refractivity contribution in [3.05, 3.63) is 34.6 Å². The number of aromatic nitrogens is 2. The van der Waals surface area contributed by atoms with Crippen LogP contribution < -0.4 is 5.56 Å². The van der Waals surface area contributed by atoms with Gasteiger partial charge < -0.3 is 4.74 Å². The van der Waals surface area contributed by atoms with Crippen molar-refractivity contribution in [3.63, 3.8) is 0 Å². The van der Waals surface area contributed by atoms with E-state index in [2.05, 4.69) is 11.9 Å². The Labute approximate surface area is 139 Å². The Morgan fingerprint density at radius 2 is 2.17 bits per heavy atom. The fourth-order valence-corrected chi connectivity index (χ4v) is 3.24. The van der Waals surface area contributed by atoms with Gasteiger partial charge in [-0.3, -0.25) is 14.2 Å². The van der Waals surface area contributed by atoms with Crippen LogP contribution in [-0.4, -0.2) is 27.9 Å². The maximum atomic E-state index is 12.7. The van der Waals surface area contributed by atoms with Crippen molar-refractivity contribution in [1.29, 1.82) is 0 Å². The van der Waals surface area contributed by atoms with E-state index in [1.165, 1.54) is 11.8 Å². The van der Waals surface area contributed by atoms with Crippen LogP contribution in [0.15, 0.2) is 34.2 Å². The topological polar surface area (TPSA) is 61.2 Å². The summed E-state index contributed by atoms with van der Waals surface area (Å²) in [4.78, 5) is 29.0. The van der Waals surface area contributed by atoms with Crippen molar-refractivity contribution in [3.8, 4) is 0 Å². The molecule has 0 spiro atoms. The van der Waals surface area contributed by atoms with Crippen molar-refractivity contribution < 1.29 is 9.53 Å². The zero-order chi connectivity index (χ0) is 16.2. The molecule has 6 heteroatoms. The fraction of sp³-hybridized carbons (Fsp3) is 0.471. The molecule has 0 atom stereocenters. The van der Waals surface area contributed by atoms with Crippen LogP contribution in [0.5, 0.6) is 0 Å². The highest BCUT2D eigenvalue weighted by molar-refractivity contribution is 7.99. The maximum absolute atomic E-state index is 12.7. The quantitative estimate of drug-likeness (QED) is 0.337. The second kappa shape index (κ2) is 7.17. The number of carbonyl (C=O) groups is 1. The molecule has 0 unspecified atom stereocenters. The first-order valence-corrected chi connectivity index (χ1v) is 8.99. The van der Waals surface area contributed by atoms with Crippen LogP contribution in [0.3, 0.4) is 0 Å². The van der Waals surface area contributed by atoms with Crippen LogP contribution in [0.2, 0.25) is 0 Å². The SMILES string of the molecule is CCCCOC(=O)CSc1nc2ccccc2c(=O)n1C1CC1. The van der Waals surface area contributed by atoms with Gasteiger partial charge in [-0.25, -0.2) is 4.98 Å². The minimum absolute atomic E-state index is 0.0139. The predicted octanol–water partition coefficient (Wildman–Crippen LogP) is 3.17. The number of hydrogen-bond acceptors (Lipinski definition) is 5. The molecule has 0 amide bonds. The molecule has 0 saturated heterocycles. The summed E-state index contributed by atoms with van der Waals surface area (Å²) in [5.41, 5.74) is 0.663. The summed E-state index contributed by atoms with van der Waals surface area (Å²) in [7, 11) is 0. The Balaban J connectivity index is 1.81. The standard InChI is InChI=1S/C17H20N2O3S/c1-2-3-10-22-15(20)11-23-17-18-14-7-5-4-6-13(14)16(21)19(17)12-8-9-12/h4-7,12H,2-3,8-11H2,1H3. The van der Waals surface area contributed by atoms with Gasteiger partial charge in [0.25, 0.3) is 5.56 Å². The minimum Gasteiger partial charge on any atom is -0.465 e. The van der Waals surface area contributed by atoms with Gasteiger partial charge in [-0.2, -0.15) is 0 Å². The van der Waals surface area contributed by atoms with Crippen LogP contribution in [0.25, 0.3) is 10.9 Å². The molecule has 5 nitrogen and oxygen atoms in total. The number of ether oxygens (including phenoxy) is 1. The first kappa shape index (κ1) is 16.1. The molecule has 3 rings (SSSR count). The molecule has 1 aromatic heterocycles. The van der Waals surface area contributed by atoms with E-state index in [9.17, 15) is 9.59 Å². The lowest BCUT2D eigenvalue weighted by molar-refractivity contribution is -0.140. The molecule has 1 fully saturated rings. The molecular formula is C17H20N2O3S. The van der Waals surface area contributed by atoms with Gasteiger partial charge in [0.1, 0.15) is 0 Å². The molecule has 1 aliphatic carbocycles. The zero-order valence-electron chi connectivity index (χ0n) is 13.2. The van der Waals surface area contributed by atoms with Crippen molar-refractivity contribution >= 4 is 28.6 Å². The number of thioether (sulfide) groups is 1. The molecule has 2 aromatic rings. The number of fused-ring (bicyclic) bond motifs is 1. The third-order valence-electron chi connectivity index (χ3n) is 3.77. The van der Waals surface area contributed by atoms with Crippen LogP contribution in [-0.2, 0) is 9.53 Å². The van der Waals surface area contributed by atoms with Crippen LogP contribution in [0.4, 0.5) is 0 Å². The molecule has 0 aliphatic heterocycles. The van der Waals surface area contributed by atoms with E-state index < -0.39 is 0 Å². The average molecular weight is 332 g/mol. The van der Waals surface area contributed by atoms with E-state index in [0.29, 0.717) is 22.7 Å². The molecule has 122 valence electrons. The van der Waals surface area contributed by atoms with Crippen LogP contribution in [0.1, 0.15) is 38.6 Å². The number of carbonyl (C=O) groups excluding carboxylic acids is 1. The van der Waals surface area contributed by atoms with E-state index in [1.54, 1.807) is 10.6 Å². The average Bonchev–Trinajstić information content (AvgIpc) is 3.38. The summed E-state index contributed by atoms with van der Waals surface area (Å²) in [5, 5.41) is 1.25. The molecule has 0 radical (unpaired) electrons. The Bertz CT molecular complexity index is 768. The Morgan fingerprint density at radius 1 is 1.39 bits per heavy atom. The normalized spacial score (nSPS) is 14.1. The Morgan fingerprint density at radius 3 is 2.91 bits per heavy atom. The van der Waals surface area contributed by atoms with Gasteiger partial charge in [0.2, 0.25) is 0 Å². The van der Waals surface area contributed by atoms with Gasteiger partial charge in [0.05, 0.1) is 23.3 Å². The zero-order valence-corrected chi connectivity index (χ0v) is 14.0. The van der Waals surface area contributed by atoms with Gasteiger partial charge in [-0.05, 0) is 31.4 Å². The summed E-state index contributed by atoms with van der Waals surface area (Å²) >= 11 is 1.29. The largest absolute Gasteiger partial charge is 0.465 e. The van der Waals surface area contributed by atoms with Crippen molar-refractivity contribution in [2.75, 3.05) is 12.4 Å². The van der Waals surface area contributed by atoms with Gasteiger partial charge in [0, 0.05) is 6.04 Å². The summed E-state index contributed by atoms with van der Waals surface area (Å²) in [6.45, 7) is 2.51. The van der Waals surface area contributed by atoms with Crippen LogP contribution >= 0.6 is 11.8 Å². The molecule has 1 aliphatic rings. The number of nitrogens with zero attached hydrogens (tertiary/aromatic N) is 2. The summed E-state index contributed by atoms with van der Waals surface area (Å²) in [5.74, 6) is -0.0745. The second-order valence-corrected chi connectivity index (χ2v) is 6.62. The molecule has 0 N–H and O–H groups in total. The highest BCUT2D eigenvalue weighted by atomic mass is 32.2. The molecule has 1 heterocycles. The monoisotopic (exact) mass is 332 g/mol. The van der Waals surface area contributed by atoms with E-state index >= 15 is 0 Å². The first-order chi connectivity index (χ1) is 11.2. The first-order valence-electron chi connectivity index (χ1n) is 8.00. The van der Waals surface area contributed by atoms with E-state index in [1.807, 2.05) is 18.2 Å². The van der Waals surface area contributed by atoms with Crippen molar-refractivity contribution in [2.45, 2.75) is 43.8 Å². The third-order valence-corrected chi connectivity index (χ3v) is 4.69. The smallest absolute Gasteiger partial charge is 0.316 e. The van der Waals surface area contributed by atoms with Gasteiger partial charge in [0.15, 0.2) is 5.16 Å². The molecule has 0 bridgehead atoms. The van der Waals surface area contributed by atoms with Gasteiger partial charge in [-0.15, -0.1) is 0 Å².